The van der Waals surface area contributed by atoms with E-state index in [1.54, 1.807) is 24.3 Å². The quantitative estimate of drug-likeness (QED) is 0.745. The van der Waals surface area contributed by atoms with Gasteiger partial charge in [-0.1, -0.05) is 18.2 Å². The molecule has 0 radical (unpaired) electrons. The molecule has 1 aromatic carbocycles. The summed E-state index contributed by atoms with van der Waals surface area (Å²) in [5.74, 6) is -0.704. The second-order valence-corrected chi connectivity index (χ2v) is 3.34. The fourth-order valence-corrected chi connectivity index (χ4v) is 1.62. The van der Waals surface area contributed by atoms with Gasteiger partial charge in [0.05, 0.1) is 18.2 Å². The Labute approximate surface area is 87.2 Å². The van der Waals surface area contributed by atoms with Crippen molar-refractivity contribution in [2.45, 2.75) is 6.42 Å². The number of amides is 1. The van der Waals surface area contributed by atoms with Crippen molar-refractivity contribution in [3.05, 3.63) is 30.3 Å². The third kappa shape index (κ3) is 1.48. The normalized spacial score (nSPS) is 20.5. The van der Waals surface area contributed by atoms with E-state index in [0.717, 1.165) is 0 Å². The van der Waals surface area contributed by atoms with Crippen molar-refractivity contribution in [2.24, 2.45) is 5.92 Å². The Morgan fingerprint density at radius 1 is 1.40 bits per heavy atom. The summed E-state index contributed by atoms with van der Waals surface area (Å²) in [6.45, 7) is 0. The molecule has 15 heavy (non-hydrogen) atoms. The van der Waals surface area contributed by atoms with Crippen LogP contribution in [0.25, 0.3) is 0 Å². The Balaban J connectivity index is 2.36. The molecule has 0 bridgehead atoms. The van der Waals surface area contributed by atoms with E-state index in [1.807, 2.05) is 12.1 Å². The Morgan fingerprint density at radius 2 is 2.07 bits per heavy atom. The highest BCUT2D eigenvalue weighted by Gasteiger charge is 2.36. The number of rotatable bonds is 1. The predicted molar refractivity (Wildman–Crippen MR) is 55.4 cm³/mol. The van der Waals surface area contributed by atoms with Crippen LogP contribution in [-0.4, -0.2) is 11.7 Å². The maximum Gasteiger partial charge on any atom is 0.234 e. The molecule has 1 unspecified atom stereocenters. The maximum atomic E-state index is 11.6. The summed E-state index contributed by atoms with van der Waals surface area (Å²) in [6, 6.07) is 10.9. The average Bonchev–Trinajstić information content (AvgIpc) is 2.55. The van der Waals surface area contributed by atoms with Gasteiger partial charge in [0.15, 0.2) is 0 Å². The SMILES string of the molecule is N#CC1CC(=O)N(c2ccccc2)C1=N. The van der Waals surface area contributed by atoms with Gasteiger partial charge in [-0.3, -0.25) is 15.1 Å². The van der Waals surface area contributed by atoms with Gasteiger partial charge in [0.2, 0.25) is 5.91 Å². The van der Waals surface area contributed by atoms with Crippen LogP contribution in [0.15, 0.2) is 30.3 Å². The lowest BCUT2D eigenvalue weighted by Crippen LogP contribution is -2.29. The fraction of sp³-hybridized carbons (Fsp3) is 0.182. The van der Waals surface area contributed by atoms with E-state index in [0.29, 0.717) is 5.69 Å². The average molecular weight is 199 g/mol. The van der Waals surface area contributed by atoms with Crippen LogP contribution in [0.3, 0.4) is 0 Å². The first-order valence-electron chi connectivity index (χ1n) is 4.60. The summed E-state index contributed by atoms with van der Waals surface area (Å²) in [5, 5.41) is 16.5. The second-order valence-electron chi connectivity index (χ2n) is 3.34. The van der Waals surface area contributed by atoms with Crippen LogP contribution in [0.1, 0.15) is 6.42 Å². The molecule has 0 spiro atoms. The molecule has 0 aromatic heterocycles. The fourth-order valence-electron chi connectivity index (χ4n) is 1.62. The molecule has 2 rings (SSSR count). The molecule has 1 saturated heterocycles. The van der Waals surface area contributed by atoms with E-state index in [2.05, 4.69) is 0 Å². The third-order valence-corrected chi connectivity index (χ3v) is 2.37. The number of hydrogen-bond acceptors (Lipinski definition) is 3. The molecule has 1 aliphatic rings. The van der Waals surface area contributed by atoms with Gasteiger partial charge in [-0.25, -0.2) is 0 Å². The van der Waals surface area contributed by atoms with Crippen molar-refractivity contribution in [3.8, 4) is 6.07 Å². The number of para-hydroxylation sites is 1. The van der Waals surface area contributed by atoms with Crippen LogP contribution >= 0.6 is 0 Å². The molecule has 1 heterocycles. The Morgan fingerprint density at radius 3 is 2.60 bits per heavy atom. The molecule has 1 amide bonds. The van der Waals surface area contributed by atoms with Gasteiger partial charge in [-0.15, -0.1) is 0 Å². The maximum absolute atomic E-state index is 11.6. The third-order valence-electron chi connectivity index (χ3n) is 2.37. The van der Waals surface area contributed by atoms with Gasteiger partial charge in [0, 0.05) is 0 Å². The largest absolute Gasteiger partial charge is 0.287 e. The highest BCUT2D eigenvalue weighted by molar-refractivity contribution is 6.22. The summed E-state index contributed by atoms with van der Waals surface area (Å²) in [6.07, 6.45) is 0.115. The number of hydrogen-bond donors (Lipinski definition) is 1. The molecular weight excluding hydrogens is 190 g/mol. The second kappa shape index (κ2) is 3.54. The molecule has 1 N–H and O–H groups in total. The van der Waals surface area contributed by atoms with Gasteiger partial charge in [0.1, 0.15) is 11.8 Å². The minimum absolute atomic E-state index is 0.0775. The van der Waals surface area contributed by atoms with E-state index in [1.165, 1.54) is 4.90 Å². The van der Waals surface area contributed by atoms with Crippen molar-refractivity contribution >= 4 is 17.4 Å². The Bertz CT molecular complexity index is 447. The lowest BCUT2D eigenvalue weighted by Gasteiger charge is -2.15. The number of anilines is 1. The number of nitrogens with one attached hydrogen (secondary N) is 1. The molecule has 1 fully saturated rings. The number of nitrogens with zero attached hydrogens (tertiary/aromatic N) is 2. The monoisotopic (exact) mass is 199 g/mol. The van der Waals surface area contributed by atoms with Crippen LogP contribution in [0.2, 0.25) is 0 Å². The molecule has 4 nitrogen and oxygen atoms in total. The molecule has 0 saturated carbocycles. The molecule has 1 aromatic rings. The molecule has 1 aliphatic heterocycles. The zero-order valence-corrected chi connectivity index (χ0v) is 7.97. The van der Waals surface area contributed by atoms with Crippen molar-refractivity contribution in [3.63, 3.8) is 0 Å². The summed E-state index contributed by atoms with van der Waals surface area (Å²) >= 11 is 0. The zero-order chi connectivity index (χ0) is 10.8. The van der Waals surface area contributed by atoms with Crippen LogP contribution in [0.4, 0.5) is 5.69 Å². The van der Waals surface area contributed by atoms with E-state index >= 15 is 0 Å². The lowest BCUT2D eigenvalue weighted by molar-refractivity contribution is -0.117. The van der Waals surface area contributed by atoms with Crippen molar-refractivity contribution in [1.82, 2.24) is 0 Å². The smallest absolute Gasteiger partial charge is 0.234 e. The number of carbonyl (C=O) groups excluding carboxylic acids is 1. The molecule has 1 atom stereocenters. The zero-order valence-electron chi connectivity index (χ0n) is 7.97. The van der Waals surface area contributed by atoms with E-state index in [9.17, 15) is 4.79 Å². The van der Waals surface area contributed by atoms with E-state index < -0.39 is 5.92 Å². The number of benzene rings is 1. The number of nitriles is 1. The topological polar surface area (TPSA) is 68.0 Å². The van der Waals surface area contributed by atoms with Gasteiger partial charge in [0.25, 0.3) is 0 Å². The van der Waals surface area contributed by atoms with Gasteiger partial charge in [-0.05, 0) is 12.1 Å². The van der Waals surface area contributed by atoms with Crippen LogP contribution in [0, 0.1) is 22.7 Å². The molecule has 0 aliphatic carbocycles. The van der Waals surface area contributed by atoms with Gasteiger partial charge < -0.3 is 0 Å². The first-order chi connectivity index (χ1) is 7.24. The van der Waals surface area contributed by atoms with E-state index in [4.69, 9.17) is 10.7 Å². The highest BCUT2D eigenvalue weighted by atomic mass is 16.2. The Kier molecular flexibility index (Phi) is 2.22. The van der Waals surface area contributed by atoms with Crippen LogP contribution < -0.4 is 4.90 Å². The number of carbonyl (C=O) groups is 1. The highest BCUT2D eigenvalue weighted by Crippen LogP contribution is 2.25. The first kappa shape index (κ1) is 9.41. The van der Waals surface area contributed by atoms with Crippen molar-refractivity contribution in [1.29, 1.82) is 10.7 Å². The molecular formula is C11H9N3O. The minimum Gasteiger partial charge on any atom is -0.287 e. The number of amidine groups is 1. The summed E-state index contributed by atoms with van der Waals surface area (Å²) in [4.78, 5) is 12.9. The van der Waals surface area contributed by atoms with Crippen molar-refractivity contribution < 1.29 is 4.79 Å². The van der Waals surface area contributed by atoms with E-state index in [-0.39, 0.29) is 18.2 Å². The first-order valence-corrected chi connectivity index (χ1v) is 4.60. The molecule has 74 valence electrons. The van der Waals surface area contributed by atoms with Gasteiger partial charge in [-0.2, -0.15) is 5.26 Å². The summed E-state index contributed by atoms with van der Waals surface area (Å²) in [5.41, 5.74) is 0.658. The summed E-state index contributed by atoms with van der Waals surface area (Å²) < 4.78 is 0. The lowest BCUT2D eigenvalue weighted by atomic mass is 10.1. The predicted octanol–water partition coefficient (Wildman–Crippen LogP) is 1.54. The Hall–Kier alpha value is -2.15. The van der Waals surface area contributed by atoms with Gasteiger partial charge >= 0.3 is 0 Å². The van der Waals surface area contributed by atoms with Crippen molar-refractivity contribution in [2.75, 3.05) is 4.90 Å². The van der Waals surface area contributed by atoms with Crippen LogP contribution in [-0.2, 0) is 4.79 Å². The minimum atomic E-state index is -0.599. The standard InChI is InChI=1S/C11H9N3O/c12-7-8-6-10(15)14(11(8)13)9-4-2-1-3-5-9/h1-5,8,13H,6H2. The summed E-state index contributed by atoms with van der Waals surface area (Å²) in [7, 11) is 0. The molecule has 4 heteroatoms. The van der Waals surface area contributed by atoms with Crippen LogP contribution in [0.5, 0.6) is 0 Å².